The Morgan fingerprint density at radius 1 is 1.19 bits per heavy atom. The van der Waals surface area contributed by atoms with Crippen molar-refractivity contribution >= 4 is 46.0 Å². The number of amides is 1. The normalized spacial score (nSPS) is 18.4. The van der Waals surface area contributed by atoms with Crippen molar-refractivity contribution in [1.82, 2.24) is 10.3 Å². The molecule has 2 aromatic carbocycles. The van der Waals surface area contributed by atoms with Crippen LogP contribution in [0.15, 0.2) is 30.3 Å². The van der Waals surface area contributed by atoms with Gasteiger partial charge in [0.05, 0.1) is 34.9 Å². The molecule has 162 valence electrons. The van der Waals surface area contributed by atoms with Crippen LogP contribution >= 0.6 is 23.2 Å². The number of carbonyl (C=O) groups is 2. The molecule has 0 bridgehead atoms. The van der Waals surface area contributed by atoms with E-state index in [4.69, 9.17) is 32.7 Å². The van der Waals surface area contributed by atoms with Crippen molar-refractivity contribution in [3.8, 4) is 0 Å². The molecule has 3 aromatic rings. The molecule has 4 rings (SSSR count). The number of benzene rings is 2. The van der Waals surface area contributed by atoms with E-state index in [1.54, 1.807) is 24.3 Å². The highest BCUT2D eigenvalue weighted by Crippen LogP contribution is 2.36. The smallest absolute Gasteiger partial charge is 0.337 e. The number of nitrogens with one attached hydrogen (secondary N) is 2. The molecule has 1 atom stereocenters. The third-order valence-electron chi connectivity index (χ3n) is 5.87. The summed E-state index contributed by atoms with van der Waals surface area (Å²) in [5, 5.41) is 4.76. The van der Waals surface area contributed by atoms with Gasteiger partial charge >= 0.3 is 5.97 Å². The van der Waals surface area contributed by atoms with Crippen LogP contribution < -0.4 is 5.32 Å². The van der Waals surface area contributed by atoms with Crippen LogP contribution in [-0.2, 0) is 15.0 Å². The number of H-pyrrole nitrogens is 1. The molecule has 0 spiro atoms. The fourth-order valence-electron chi connectivity index (χ4n) is 4.27. The van der Waals surface area contributed by atoms with Crippen LogP contribution in [0.1, 0.15) is 44.0 Å². The summed E-state index contributed by atoms with van der Waals surface area (Å²) in [4.78, 5) is 28.4. The number of aromatic amines is 1. The van der Waals surface area contributed by atoms with E-state index in [0.717, 1.165) is 27.6 Å². The van der Waals surface area contributed by atoms with Crippen molar-refractivity contribution in [3.05, 3.63) is 68.3 Å². The Morgan fingerprint density at radius 2 is 1.97 bits per heavy atom. The van der Waals surface area contributed by atoms with Gasteiger partial charge in [0.2, 0.25) is 0 Å². The van der Waals surface area contributed by atoms with Crippen LogP contribution in [0.4, 0.5) is 0 Å². The van der Waals surface area contributed by atoms with Gasteiger partial charge in [-0.15, -0.1) is 0 Å². The average Bonchev–Trinajstić information content (AvgIpc) is 3.35. The number of ether oxygens (including phenoxy) is 2. The standard InChI is InChI=1S/C23H22Cl2N2O4/c1-12-10-14(22(29)30-3)4-5-15(12)23(8-9-31-11-23)27-21(28)20-13(2)18-17(26-20)7-6-16(24)19(18)25/h4-7,10,26H,8-9,11H2,1-3H3,(H,27,28). The minimum absolute atomic E-state index is 0.261. The molecular weight excluding hydrogens is 439 g/mol. The van der Waals surface area contributed by atoms with Gasteiger partial charge in [-0.25, -0.2) is 4.79 Å². The predicted octanol–water partition coefficient (Wildman–Crippen LogP) is 4.92. The number of rotatable bonds is 4. The number of aryl methyl sites for hydroxylation is 2. The zero-order valence-corrected chi connectivity index (χ0v) is 18.9. The molecule has 1 fully saturated rings. The maximum absolute atomic E-state index is 13.4. The fraction of sp³-hybridized carbons (Fsp3) is 0.304. The lowest BCUT2D eigenvalue weighted by Gasteiger charge is -2.31. The number of fused-ring (bicyclic) bond motifs is 1. The first-order valence-corrected chi connectivity index (χ1v) is 10.6. The number of hydrogen-bond donors (Lipinski definition) is 2. The summed E-state index contributed by atoms with van der Waals surface area (Å²) in [5.74, 6) is -0.664. The largest absolute Gasteiger partial charge is 0.465 e. The van der Waals surface area contributed by atoms with Gasteiger partial charge in [0.1, 0.15) is 5.69 Å². The number of methoxy groups -OCH3 is 1. The number of halogens is 2. The number of esters is 1. The summed E-state index contributed by atoms with van der Waals surface area (Å²) in [6.07, 6.45) is 0.614. The van der Waals surface area contributed by atoms with E-state index in [2.05, 4.69) is 10.3 Å². The third kappa shape index (κ3) is 3.69. The zero-order chi connectivity index (χ0) is 22.3. The molecule has 2 heterocycles. The monoisotopic (exact) mass is 460 g/mol. The highest BCUT2D eigenvalue weighted by atomic mass is 35.5. The lowest BCUT2D eigenvalue weighted by atomic mass is 9.85. The molecule has 31 heavy (non-hydrogen) atoms. The van der Waals surface area contributed by atoms with E-state index in [1.165, 1.54) is 7.11 Å². The average molecular weight is 461 g/mol. The topological polar surface area (TPSA) is 80.4 Å². The lowest BCUT2D eigenvalue weighted by Crippen LogP contribution is -2.47. The lowest BCUT2D eigenvalue weighted by molar-refractivity contribution is 0.0600. The van der Waals surface area contributed by atoms with Crippen LogP contribution in [0.25, 0.3) is 10.9 Å². The summed E-state index contributed by atoms with van der Waals surface area (Å²) < 4.78 is 10.5. The van der Waals surface area contributed by atoms with Crippen molar-refractivity contribution in [1.29, 1.82) is 0 Å². The Labute approximate surface area is 189 Å². The first-order chi connectivity index (χ1) is 14.8. The molecule has 1 aliphatic heterocycles. The van der Waals surface area contributed by atoms with E-state index < -0.39 is 11.5 Å². The molecule has 1 unspecified atom stereocenters. The molecule has 1 saturated heterocycles. The van der Waals surface area contributed by atoms with Crippen LogP contribution in [0, 0.1) is 13.8 Å². The summed E-state index contributed by atoms with van der Waals surface area (Å²) >= 11 is 12.5. The van der Waals surface area contributed by atoms with Crippen molar-refractivity contribution in [3.63, 3.8) is 0 Å². The Hall–Kier alpha value is -2.54. The summed E-state index contributed by atoms with van der Waals surface area (Å²) in [7, 11) is 1.35. The Bertz CT molecular complexity index is 1200. The van der Waals surface area contributed by atoms with Crippen LogP contribution in [0.3, 0.4) is 0 Å². The molecule has 0 aliphatic carbocycles. The van der Waals surface area contributed by atoms with Gasteiger partial charge in [-0.1, -0.05) is 29.3 Å². The third-order valence-corrected chi connectivity index (χ3v) is 6.67. The summed E-state index contributed by atoms with van der Waals surface area (Å²) in [5.41, 5.74) is 3.43. The molecule has 2 N–H and O–H groups in total. The molecule has 1 aromatic heterocycles. The van der Waals surface area contributed by atoms with Crippen molar-refractivity contribution in [2.75, 3.05) is 20.3 Å². The summed E-state index contributed by atoms with van der Waals surface area (Å²) in [6, 6.07) is 8.82. The SMILES string of the molecule is COC(=O)c1ccc(C2(NC(=O)c3[nH]c4ccc(Cl)c(Cl)c4c3C)CCOC2)c(C)c1. The van der Waals surface area contributed by atoms with E-state index in [0.29, 0.717) is 40.9 Å². The number of carbonyl (C=O) groups excluding carboxylic acids is 2. The maximum atomic E-state index is 13.4. The highest BCUT2D eigenvalue weighted by molar-refractivity contribution is 6.45. The molecule has 1 aliphatic rings. The first-order valence-electron chi connectivity index (χ1n) is 9.83. The second-order valence-electron chi connectivity index (χ2n) is 7.77. The Kier molecular flexibility index (Phi) is 5.73. The number of hydrogen-bond acceptors (Lipinski definition) is 4. The molecule has 0 saturated carbocycles. The van der Waals surface area contributed by atoms with Gasteiger partial charge in [0, 0.05) is 23.9 Å². The molecule has 1 amide bonds. The minimum atomic E-state index is -0.707. The minimum Gasteiger partial charge on any atom is -0.465 e. The van der Waals surface area contributed by atoms with E-state index in [1.807, 2.05) is 19.9 Å². The van der Waals surface area contributed by atoms with E-state index >= 15 is 0 Å². The second-order valence-corrected chi connectivity index (χ2v) is 8.55. The van der Waals surface area contributed by atoms with Crippen molar-refractivity contribution in [2.45, 2.75) is 25.8 Å². The number of aromatic nitrogens is 1. The van der Waals surface area contributed by atoms with E-state index in [9.17, 15) is 9.59 Å². The van der Waals surface area contributed by atoms with E-state index in [-0.39, 0.29) is 5.91 Å². The Morgan fingerprint density at radius 3 is 2.61 bits per heavy atom. The maximum Gasteiger partial charge on any atom is 0.337 e. The molecule has 6 nitrogen and oxygen atoms in total. The van der Waals surface area contributed by atoms with Gasteiger partial charge in [-0.05, 0) is 54.8 Å². The Balaban J connectivity index is 1.72. The molecule has 0 radical (unpaired) electrons. The second kappa shape index (κ2) is 8.19. The molecular formula is C23H22Cl2N2O4. The fourth-order valence-corrected chi connectivity index (χ4v) is 4.73. The van der Waals surface area contributed by atoms with Crippen LogP contribution in [-0.4, -0.2) is 37.2 Å². The van der Waals surface area contributed by atoms with Crippen molar-refractivity contribution in [2.24, 2.45) is 0 Å². The summed E-state index contributed by atoms with van der Waals surface area (Å²) in [6.45, 7) is 4.60. The predicted molar refractivity (Wildman–Crippen MR) is 120 cm³/mol. The molecule has 8 heteroatoms. The van der Waals surface area contributed by atoms with Gasteiger partial charge < -0.3 is 19.8 Å². The van der Waals surface area contributed by atoms with Crippen molar-refractivity contribution < 1.29 is 19.1 Å². The van der Waals surface area contributed by atoms with Gasteiger partial charge in [0.15, 0.2) is 0 Å². The van der Waals surface area contributed by atoms with Crippen LogP contribution in [0.2, 0.25) is 10.0 Å². The first kappa shape index (κ1) is 21.7. The van der Waals surface area contributed by atoms with Gasteiger partial charge in [0.25, 0.3) is 5.91 Å². The van der Waals surface area contributed by atoms with Crippen LogP contribution in [0.5, 0.6) is 0 Å². The quantitative estimate of drug-likeness (QED) is 0.541. The highest BCUT2D eigenvalue weighted by Gasteiger charge is 2.40. The van der Waals surface area contributed by atoms with Gasteiger partial charge in [-0.2, -0.15) is 0 Å². The van der Waals surface area contributed by atoms with Gasteiger partial charge in [-0.3, -0.25) is 4.79 Å². The zero-order valence-electron chi connectivity index (χ0n) is 17.4.